The maximum Gasteiger partial charge on any atom is 0.270 e. The predicted octanol–water partition coefficient (Wildman–Crippen LogP) is 2.67. The first-order valence-corrected chi connectivity index (χ1v) is 8.37. The number of hydrogen-bond acceptors (Lipinski definition) is 5. The van der Waals surface area contributed by atoms with Gasteiger partial charge in [0, 0.05) is 23.0 Å². The van der Waals surface area contributed by atoms with E-state index in [0.29, 0.717) is 22.6 Å². The Labute approximate surface area is 158 Å². The van der Waals surface area contributed by atoms with Gasteiger partial charge in [-0.15, -0.1) is 0 Å². The minimum Gasteiger partial charge on any atom is -0.496 e. The van der Waals surface area contributed by atoms with Crippen molar-refractivity contribution in [3.8, 4) is 11.8 Å². The number of ether oxygens (including phenoxy) is 1. The number of carbonyl (C=O) groups is 2. The fraction of sp³-hybridized carbons (Fsp3) is 0.300. The first-order valence-electron chi connectivity index (χ1n) is 8.37. The monoisotopic (exact) mass is 366 g/mol. The van der Waals surface area contributed by atoms with Crippen LogP contribution in [-0.2, 0) is 11.2 Å². The summed E-state index contributed by atoms with van der Waals surface area (Å²) in [4.78, 5) is 28.6. The molecule has 7 nitrogen and oxygen atoms in total. The van der Waals surface area contributed by atoms with Gasteiger partial charge in [0.25, 0.3) is 5.91 Å². The van der Waals surface area contributed by atoms with Gasteiger partial charge in [0.05, 0.1) is 25.2 Å². The van der Waals surface area contributed by atoms with E-state index in [-0.39, 0.29) is 29.5 Å². The van der Waals surface area contributed by atoms with Crippen molar-refractivity contribution in [3.63, 3.8) is 0 Å². The molecule has 0 atom stereocenters. The molecule has 0 fully saturated rings. The van der Waals surface area contributed by atoms with E-state index in [1.54, 1.807) is 24.3 Å². The number of nitrogens with one attached hydrogen (secondary N) is 2. The molecular formula is C20H22N4O3. The third kappa shape index (κ3) is 5.82. The van der Waals surface area contributed by atoms with Gasteiger partial charge in [0.2, 0.25) is 5.91 Å². The van der Waals surface area contributed by atoms with E-state index in [9.17, 15) is 9.59 Å². The lowest BCUT2D eigenvalue weighted by molar-refractivity contribution is -0.115. The molecule has 0 radical (unpaired) electrons. The van der Waals surface area contributed by atoms with E-state index < -0.39 is 0 Å². The van der Waals surface area contributed by atoms with Crippen LogP contribution in [0.4, 0.5) is 5.69 Å². The fourth-order valence-corrected chi connectivity index (χ4v) is 2.40. The van der Waals surface area contributed by atoms with Crippen LogP contribution in [-0.4, -0.2) is 29.4 Å². The zero-order valence-corrected chi connectivity index (χ0v) is 15.8. The summed E-state index contributed by atoms with van der Waals surface area (Å²) in [5, 5.41) is 14.6. The third-order valence-corrected chi connectivity index (χ3v) is 3.53. The summed E-state index contributed by atoms with van der Waals surface area (Å²) in [7, 11) is 1.51. The minimum absolute atomic E-state index is 0.0323. The van der Waals surface area contributed by atoms with E-state index in [2.05, 4.69) is 15.6 Å². The molecule has 2 aromatic rings. The Kier molecular flexibility index (Phi) is 6.14. The van der Waals surface area contributed by atoms with Crippen LogP contribution >= 0.6 is 0 Å². The van der Waals surface area contributed by atoms with Crippen LogP contribution in [0.3, 0.4) is 0 Å². The van der Waals surface area contributed by atoms with Crippen LogP contribution in [0.15, 0.2) is 36.5 Å². The van der Waals surface area contributed by atoms with E-state index in [1.165, 1.54) is 19.4 Å². The first-order chi connectivity index (χ1) is 12.7. The molecule has 2 rings (SSSR count). The summed E-state index contributed by atoms with van der Waals surface area (Å²) in [6.45, 7) is 5.62. The molecule has 1 heterocycles. The number of amides is 2. The van der Waals surface area contributed by atoms with Crippen molar-refractivity contribution in [2.45, 2.75) is 32.7 Å². The van der Waals surface area contributed by atoms with Gasteiger partial charge >= 0.3 is 0 Å². The van der Waals surface area contributed by atoms with E-state index in [1.807, 2.05) is 26.8 Å². The lowest BCUT2D eigenvalue weighted by Gasteiger charge is -2.20. The lowest BCUT2D eigenvalue weighted by atomic mass is 10.1. The maximum absolute atomic E-state index is 12.4. The molecule has 0 spiro atoms. The van der Waals surface area contributed by atoms with Crippen LogP contribution < -0.4 is 15.4 Å². The summed E-state index contributed by atoms with van der Waals surface area (Å²) in [5.41, 5.74) is 1.34. The average molecular weight is 366 g/mol. The second-order valence-corrected chi connectivity index (χ2v) is 7.00. The SMILES string of the molecule is COc1ccc(C#N)cc1CC(=O)Nc1ccnc(C(=O)NC(C)(C)C)c1. The van der Waals surface area contributed by atoms with Crippen molar-refractivity contribution >= 4 is 17.5 Å². The van der Waals surface area contributed by atoms with Crippen molar-refractivity contribution < 1.29 is 14.3 Å². The van der Waals surface area contributed by atoms with Gasteiger partial charge in [-0.2, -0.15) is 5.26 Å². The Morgan fingerprint density at radius 1 is 1.22 bits per heavy atom. The normalized spacial score (nSPS) is 10.6. The van der Waals surface area contributed by atoms with Gasteiger partial charge in [0.15, 0.2) is 0 Å². The number of nitrogens with zero attached hydrogens (tertiary/aromatic N) is 2. The number of methoxy groups -OCH3 is 1. The van der Waals surface area contributed by atoms with Crippen LogP contribution in [0.2, 0.25) is 0 Å². The van der Waals surface area contributed by atoms with Gasteiger partial charge in [0.1, 0.15) is 11.4 Å². The molecular weight excluding hydrogens is 344 g/mol. The molecule has 2 N–H and O–H groups in total. The van der Waals surface area contributed by atoms with Crippen LogP contribution in [0.25, 0.3) is 0 Å². The highest BCUT2D eigenvalue weighted by Gasteiger charge is 2.17. The quantitative estimate of drug-likeness (QED) is 0.846. The molecule has 1 aromatic heterocycles. The highest BCUT2D eigenvalue weighted by Crippen LogP contribution is 2.21. The minimum atomic E-state index is -0.389. The topological polar surface area (TPSA) is 104 Å². The number of nitriles is 1. The van der Waals surface area contributed by atoms with Gasteiger partial charge in [-0.25, -0.2) is 0 Å². The van der Waals surface area contributed by atoms with Crippen LogP contribution in [0.1, 0.15) is 42.4 Å². The predicted molar refractivity (Wildman–Crippen MR) is 101 cm³/mol. The highest BCUT2D eigenvalue weighted by atomic mass is 16.5. The maximum atomic E-state index is 12.4. The Hall–Kier alpha value is -3.40. The lowest BCUT2D eigenvalue weighted by Crippen LogP contribution is -2.40. The molecule has 27 heavy (non-hydrogen) atoms. The van der Waals surface area contributed by atoms with Crippen molar-refractivity contribution in [2.75, 3.05) is 12.4 Å². The molecule has 0 aliphatic heterocycles. The molecule has 0 unspecified atom stereocenters. The zero-order chi connectivity index (χ0) is 20.0. The summed E-state index contributed by atoms with van der Waals surface area (Å²) in [6.07, 6.45) is 1.49. The Morgan fingerprint density at radius 3 is 2.59 bits per heavy atom. The molecule has 0 aliphatic rings. The number of rotatable bonds is 5. The van der Waals surface area contributed by atoms with Crippen molar-refractivity contribution in [1.29, 1.82) is 5.26 Å². The van der Waals surface area contributed by atoms with Crippen molar-refractivity contribution in [3.05, 3.63) is 53.3 Å². The van der Waals surface area contributed by atoms with E-state index >= 15 is 0 Å². The van der Waals surface area contributed by atoms with Crippen LogP contribution in [0, 0.1) is 11.3 Å². The summed E-state index contributed by atoms with van der Waals surface area (Å²) in [5.74, 6) is -0.0807. The van der Waals surface area contributed by atoms with Gasteiger partial charge in [-0.1, -0.05) is 0 Å². The van der Waals surface area contributed by atoms with Gasteiger partial charge < -0.3 is 15.4 Å². The summed E-state index contributed by atoms with van der Waals surface area (Å²) >= 11 is 0. The largest absolute Gasteiger partial charge is 0.496 e. The summed E-state index contributed by atoms with van der Waals surface area (Å²) in [6, 6.07) is 10.1. The van der Waals surface area contributed by atoms with Gasteiger partial charge in [-0.05, 0) is 51.1 Å². The Balaban J connectivity index is 2.12. The molecule has 1 aromatic carbocycles. The van der Waals surface area contributed by atoms with Crippen molar-refractivity contribution in [2.24, 2.45) is 0 Å². The molecule has 7 heteroatoms. The van der Waals surface area contributed by atoms with E-state index in [4.69, 9.17) is 10.00 Å². The molecule has 0 aliphatic carbocycles. The average Bonchev–Trinajstić information content (AvgIpc) is 2.60. The third-order valence-electron chi connectivity index (χ3n) is 3.53. The number of hydrogen-bond donors (Lipinski definition) is 2. The number of anilines is 1. The molecule has 0 saturated carbocycles. The summed E-state index contributed by atoms with van der Waals surface area (Å²) < 4.78 is 5.24. The van der Waals surface area contributed by atoms with Gasteiger partial charge in [-0.3, -0.25) is 14.6 Å². The molecule has 0 bridgehead atoms. The zero-order valence-electron chi connectivity index (χ0n) is 15.8. The fourth-order valence-electron chi connectivity index (χ4n) is 2.40. The van der Waals surface area contributed by atoms with E-state index in [0.717, 1.165) is 0 Å². The smallest absolute Gasteiger partial charge is 0.270 e. The number of aromatic nitrogens is 1. The molecule has 2 amide bonds. The second kappa shape index (κ2) is 8.32. The number of pyridine rings is 1. The second-order valence-electron chi connectivity index (χ2n) is 7.00. The number of benzene rings is 1. The Morgan fingerprint density at radius 2 is 1.96 bits per heavy atom. The molecule has 140 valence electrons. The first kappa shape index (κ1) is 19.9. The standard InChI is InChI=1S/C20H22N4O3/c1-20(2,3)24-19(26)16-11-15(7-8-22-16)23-18(25)10-14-9-13(12-21)5-6-17(14)27-4/h5-9,11H,10H2,1-4H3,(H,24,26)(H,22,23,25). The van der Waals surface area contributed by atoms with Crippen molar-refractivity contribution in [1.82, 2.24) is 10.3 Å². The molecule has 0 saturated heterocycles. The highest BCUT2D eigenvalue weighted by molar-refractivity contribution is 5.96. The van der Waals surface area contributed by atoms with Crippen LogP contribution in [0.5, 0.6) is 5.75 Å². The number of carbonyl (C=O) groups excluding carboxylic acids is 2. The Bertz CT molecular complexity index is 895.